The van der Waals surface area contributed by atoms with Gasteiger partial charge in [0.1, 0.15) is 0 Å². The first-order valence-corrected chi connectivity index (χ1v) is 6.25. The van der Waals surface area contributed by atoms with Crippen LogP contribution in [0.2, 0.25) is 0 Å². The zero-order valence-corrected chi connectivity index (χ0v) is 11.5. The molecular formula is C16H18N2O. The molecule has 2 amide bonds. The first-order valence-electron chi connectivity index (χ1n) is 6.25. The van der Waals surface area contributed by atoms with Gasteiger partial charge in [0.15, 0.2) is 0 Å². The molecule has 0 atom stereocenters. The summed E-state index contributed by atoms with van der Waals surface area (Å²) in [5.41, 5.74) is 3.88. The van der Waals surface area contributed by atoms with Gasteiger partial charge in [0.2, 0.25) is 0 Å². The summed E-state index contributed by atoms with van der Waals surface area (Å²) in [7, 11) is 1.76. The average molecular weight is 254 g/mol. The van der Waals surface area contributed by atoms with E-state index in [1.165, 1.54) is 0 Å². The fraction of sp³-hybridized carbons (Fsp3) is 0.188. The minimum atomic E-state index is -0.136. The Labute approximate surface area is 113 Å². The maximum Gasteiger partial charge on any atom is 0.326 e. The summed E-state index contributed by atoms with van der Waals surface area (Å²) >= 11 is 0. The summed E-state index contributed by atoms with van der Waals surface area (Å²) in [6.07, 6.45) is 0. The number of aryl methyl sites for hydroxylation is 2. The van der Waals surface area contributed by atoms with Crippen LogP contribution < -0.4 is 10.2 Å². The molecule has 2 aromatic rings. The average Bonchev–Trinajstić information content (AvgIpc) is 2.43. The van der Waals surface area contributed by atoms with Crippen LogP contribution in [0.4, 0.5) is 16.2 Å². The van der Waals surface area contributed by atoms with Crippen molar-refractivity contribution in [1.29, 1.82) is 0 Å². The van der Waals surface area contributed by atoms with Crippen molar-refractivity contribution in [2.24, 2.45) is 0 Å². The highest BCUT2D eigenvalue weighted by molar-refractivity contribution is 6.02. The van der Waals surface area contributed by atoms with E-state index in [2.05, 4.69) is 5.32 Å². The van der Waals surface area contributed by atoms with Crippen molar-refractivity contribution >= 4 is 17.4 Å². The SMILES string of the molecule is Cc1cccc(C)c1NC(=O)N(C)c1ccccc1. The second-order valence-electron chi connectivity index (χ2n) is 4.59. The van der Waals surface area contributed by atoms with Crippen LogP contribution in [0.25, 0.3) is 0 Å². The van der Waals surface area contributed by atoms with Gasteiger partial charge in [0.25, 0.3) is 0 Å². The molecule has 0 heterocycles. The number of nitrogens with one attached hydrogen (secondary N) is 1. The van der Waals surface area contributed by atoms with Crippen LogP contribution in [0.5, 0.6) is 0 Å². The second kappa shape index (κ2) is 5.57. The number of rotatable bonds is 2. The molecule has 0 aromatic heterocycles. The summed E-state index contributed by atoms with van der Waals surface area (Å²) < 4.78 is 0. The fourth-order valence-corrected chi connectivity index (χ4v) is 1.97. The van der Waals surface area contributed by atoms with Crippen molar-refractivity contribution in [3.8, 4) is 0 Å². The molecule has 0 aliphatic heterocycles. The summed E-state index contributed by atoms with van der Waals surface area (Å²) in [4.78, 5) is 13.8. The molecular weight excluding hydrogens is 236 g/mol. The Bertz CT molecular complexity index is 558. The molecule has 0 radical (unpaired) electrons. The Kier molecular flexibility index (Phi) is 3.85. The van der Waals surface area contributed by atoms with E-state index >= 15 is 0 Å². The lowest BCUT2D eigenvalue weighted by Crippen LogP contribution is -2.31. The molecule has 0 fully saturated rings. The lowest BCUT2D eigenvalue weighted by atomic mass is 10.1. The fourth-order valence-electron chi connectivity index (χ4n) is 1.97. The van der Waals surface area contributed by atoms with E-state index < -0.39 is 0 Å². The number of amides is 2. The molecule has 98 valence electrons. The third kappa shape index (κ3) is 2.94. The Balaban J connectivity index is 2.18. The van der Waals surface area contributed by atoms with Gasteiger partial charge in [-0.05, 0) is 37.1 Å². The monoisotopic (exact) mass is 254 g/mol. The minimum absolute atomic E-state index is 0.136. The quantitative estimate of drug-likeness (QED) is 0.864. The molecule has 0 aliphatic rings. The van der Waals surface area contributed by atoms with Crippen LogP contribution in [0.15, 0.2) is 48.5 Å². The zero-order chi connectivity index (χ0) is 13.8. The minimum Gasteiger partial charge on any atom is -0.307 e. The highest BCUT2D eigenvalue weighted by Gasteiger charge is 2.12. The van der Waals surface area contributed by atoms with Crippen LogP contribution >= 0.6 is 0 Å². The lowest BCUT2D eigenvalue weighted by Gasteiger charge is -2.19. The van der Waals surface area contributed by atoms with Crippen molar-refractivity contribution < 1.29 is 4.79 Å². The van der Waals surface area contributed by atoms with E-state index in [1.807, 2.05) is 62.4 Å². The lowest BCUT2D eigenvalue weighted by molar-refractivity contribution is 0.258. The summed E-state index contributed by atoms with van der Waals surface area (Å²) in [6, 6.07) is 15.4. The number of benzene rings is 2. The molecule has 2 aromatic carbocycles. The molecule has 19 heavy (non-hydrogen) atoms. The number of urea groups is 1. The van der Waals surface area contributed by atoms with E-state index in [0.717, 1.165) is 22.5 Å². The maximum atomic E-state index is 12.2. The van der Waals surface area contributed by atoms with Crippen LogP contribution in [0.3, 0.4) is 0 Å². The summed E-state index contributed by atoms with van der Waals surface area (Å²) in [5, 5.41) is 2.96. The Morgan fingerprint density at radius 3 is 2.11 bits per heavy atom. The van der Waals surface area contributed by atoms with E-state index in [1.54, 1.807) is 11.9 Å². The smallest absolute Gasteiger partial charge is 0.307 e. The standard InChI is InChI=1S/C16H18N2O/c1-12-8-7-9-13(2)15(12)17-16(19)18(3)14-10-5-4-6-11-14/h4-11H,1-3H3,(H,17,19). The zero-order valence-electron chi connectivity index (χ0n) is 11.5. The van der Waals surface area contributed by atoms with Gasteiger partial charge in [-0.15, -0.1) is 0 Å². The van der Waals surface area contributed by atoms with E-state index in [4.69, 9.17) is 0 Å². The molecule has 0 aliphatic carbocycles. The van der Waals surface area contributed by atoms with Crippen molar-refractivity contribution in [3.05, 3.63) is 59.7 Å². The van der Waals surface area contributed by atoms with Gasteiger partial charge in [-0.2, -0.15) is 0 Å². The molecule has 2 rings (SSSR count). The van der Waals surface area contributed by atoms with Crippen LogP contribution in [-0.4, -0.2) is 13.1 Å². The van der Waals surface area contributed by atoms with Crippen LogP contribution in [-0.2, 0) is 0 Å². The maximum absolute atomic E-state index is 12.2. The summed E-state index contributed by atoms with van der Waals surface area (Å²) in [5.74, 6) is 0. The molecule has 3 nitrogen and oxygen atoms in total. The van der Waals surface area contributed by atoms with Crippen molar-refractivity contribution in [2.75, 3.05) is 17.3 Å². The van der Waals surface area contributed by atoms with Crippen LogP contribution in [0.1, 0.15) is 11.1 Å². The van der Waals surface area contributed by atoms with Crippen molar-refractivity contribution in [3.63, 3.8) is 0 Å². The first kappa shape index (κ1) is 13.1. The number of anilines is 2. The number of carbonyl (C=O) groups is 1. The van der Waals surface area contributed by atoms with E-state index in [-0.39, 0.29) is 6.03 Å². The number of hydrogen-bond acceptors (Lipinski definition) is 1. The van der Waals surface area contributed by atoms with Gasteiger partial charge in [-0.1, -0.05) is 36.4 Å². The number of para-hydroxylation sites is 2. The highest BCUT2D eigenvalue weighted by atomic mass is 16.2. The normalized spacial score (nSPS) is 10.1. The first-order chi connectivity index (χ1) is 9.09. The second-order valence-corrected chi connectivity index (χ2v) is 4.59. The number of nitrogens with zero attached hydrogens (tertiary/aromatic N) is 1. The van der Waals surface area contributed by atoms with E-state index in [9.17, 15) is 4.79 Å². The van der Waals surface area contributed by atoms with Crippen LogP contribution in [0, 0.1) is 13.8 Å². The molecule has 0 saturated heterocycles. The molecule has 0 unspecified atom stereocenters. The van der Waals surface area contributed by atoms with Gasteiger partial charge in [0, 0.05) is 18.4 Å². The Morgan fingerprint density at radius 1 is 0.947 bits per heavy atom. The highest BCUT2D eigenvalue weighted by Crippen LogP contribution is 2.21. The molecule has 3 heteroatoms. The molecule has 1 N–H and O–H groups in total. The third-order valence-corrected chi connectivity index (χ3v) is 3.16. The third-order valence-electron chi connectivity index (χ3n) is 3.16. The Hall–Kier alpha value is -2.29. The van der Waals surface area contributed by atoms with Gasteiger partial charge in [-0.25, -0.2) is 4.79 Å². The molecule has 0 spiro atoms. The number of hydrogen-bond donors (Lipinski definition) is 1. The van der Waals surface area contributed by atoms with E-state index in [0.29, 0.717) is 0 Å². The Morgan fingerprint density at radius 2 is 1.53 bits per heavy atom. The van der Waals surface area contributed by atoms with Gasteiger partial charge in [0.05, 0.1) is 0 Å². The molecule has 0 bridgehead atoms. The van der Waals surface area contributed by atoms with Gasteiger partial charge in [-0.3, -0.25) is 4.90 Å². The summed E-state index contributed by atoms with van der Waals surface area (Å²) in [6.45, 7) is 3.98. The molecule has 0 saturated carbocycles. The van der Waals surface area contributed by atoms with Crippen molar-refractivity contribution in [1.82, 2.24) is 0 Å². The predicted molar refractivity (Wildman–Crippen MR) is 79.8 cm³/mol. The van der Waals surface area contributed by atoms with Crippen molar-refractivity contribution in [2.45, 2.75) is 13.8 Å². The van der Waals surface area contributed by atoms with Gasteiger partial charge >= 0.3 is 6.03 Å². The predicted octanol–water partition coefficient (Wildman–Crippen LogP) is 3.97. The largest absolute Gasteiger partial charge is 0.326 e. The topological polar surface area (TPSA) is 32.3 Å². The van der Waals surface area contributed by atoms with Gasteiger partial charge < -0.3 is 5.32 Å². The number of carbonyl (C=O) groups excluding carboxylic acids is 1.